The molecule has 0 atom stereocenters. The molecule has 0 fully saturated rings. The number of aromatic nitrogens is 6. The molecule has 0 spiro atoms. The molecule has 4 aromatic heterocycles. The van der Waals surface area contributed by atoms with Crippen LogP contribution in [0.4, 0.5) is 0 Å². The third kappa shape index (κ3) is 5.36. The van der Waals surface area contributed by atoms with E-state index in [2.05, 4.69) is 137 Å². The SMILES string of the molecule is c1ccc(-c2cc(-c3ccccc3)cc(-c3nc(-c4ccccc4)nc(-n4c5ccccc5c5ccc6c7ccccc7n(-c7nc8ccccc8o7)c6c54)n3)c2)cc1. The van der Waals surface area contributed by atoms with Crippen LogP contribution in [0.25, 0.3) is 112 Å². The first kappa shape index (κ1) is 33.0. The maximum atomic E-state index is 6.55. The van der Waals surface area contributed by atoms with E-state index in [-0.39, 0.29) is 0 Å². The quantitative estimate of drug-likeness (QED) is 0.169. The summed E-state index contributed by atoms with van der Waals surface area (Å²) in [7, 11) is 0. The van der Waals surface area contributed by atoms with Gasteiger partial charge in [0.1, 0.15) is 5.52 Å². The Labute approximate surface area is 338 Å². The summed E-state index contributed by atoms with van der Waals surface area (Å²) >= 11 is 0. The molecular weight excluding hydrogens is 725 g/mol. The fourth-order valence-corrected chi connectivity index (χ4v) is 8.52. The zero-order chi connectivity index (χ0) is 38.9. The summed E-state index contributed by atoms with van der Waals surface area (Å²) in [6.45, 7) is 0. The molecule has 7 nitrogen and oxygen atoms in total. The summed E-state index contributed by atoms with van der Waals surface area (Å²) in [6.07, 6.45) is 0. The zero-order valence-corrected chi connectivity index (χ0v) is 31.6. The standard InChI is InChI=1S/C52H32N6O/c1-4-16-33(17-5-1)36-30-37(34-18-6-2-7-19-34)32-38(31-36)50-54-49(35-20-8-3-9-21-35)55-51(56-50)57-44-25-13-10-22-39(44)41-28-29-42-40-23-11-14-26-45(40)58(48(42)47(41)57)52-53-43-24-12-15-27-46(43)59-52/h1-32H. The summed E-state index contributed by atoms with van der Waals surface area (Å²) in [5.74, 6) is 1.66. The highest BCUT2D eigenvalue weighted by molar-refractivity contribution is 6.23. The fourth-order valence-electron chi connectivity index (χ4n) is 8.52. The molecule has 0 N–H and O–H groups in total. The van der Waals surface area contributed by atoms with Crippen LogP contribution in [0.2, 0.25) is 0 Å². The molecule has 7 heteroatoms. The van der Waals surface area contributed by atoms with Crippen molar-refractivity contribution in [2.24, 2.45) is 0 Å². The largest absolute Gasteiger partial charge is 0.423 e. The van der Waals surface area contributed by atoms with Gasteiger partial charge < -0.3 is 4.42 Å². The Hall–Kier alpha value is -8.16. The van der Waals surface area contributed by atoms with Crippen LogP contribution in [0, 0.1) is 0 Å². The number of rotatable bonds is 6. The molecule has 0 unspecified atom stereocenters. The first-order valence-electron chi connectivity index (χ1n) is 19.6. The number of oxazole rings is 1. The molecule has 0 bridgehead atoms. The topological polar surface area (TPSA) is 74.6 Å². The number of hydrogen-bond donors (Lipinski definition) is 0. The number of benzene rings is 8. The van der Waals surface area contributed by atoms with Crippen LogP contribution in [0.5, 0.6) is 0 Å². The first-order valence-corrected chi connectivity index (χ1v) is 19.6. The molecule has 0 radical (unpaired) electrons. The van der Waals surface area contributed by atoms with E-state index in [1.807, 2.05) is 66.7 Å². The Morgan fingerprint density at radius 3 is 1.42 bits per heavy atom. The average molecular weight is 757 g/mol. The van der Waals surface area contributed by atoms with Gasteiger partial charge in [0.15, 0.2) is 17.2 Å². The lowest BCUT2D eigenvalue weighted by molar-refractivity contribution is 0.574. The van der Waals surface area contributed by atoms with Gasteiger partial charge in [-0.2, -0.15) is 15.0 Å². The van der Waals surface area contributed by atoms with E-state index in [0.29, 0.717) is 23.6 Å². The molecule has 276 valence electrons. The van der Waals surface area contributed by atoms with Crippen molar-refractivity contribution in [1.29, 1.82) is 0 Å². The highest BCUT2D eigenvalue weighted by Crippen LogP contribution is 2.42. The summed E-state index contributed by atoms with van der Waals surface area (Å²) in [5, 5.41) is 4.31. The number of fused-ring (bicyclic) bond motifs is 8. The van der Waals surface area contributed by atoms with Crippen molar-refractivity contribution in [3.05, 3.63) is 194 Å². The normalized spacial score (nSPS) is 11.7. The van der Waals surface area contributed by atoms with Crippen LogP contribution in [-0.2, 0) is 0 Å². The van der Waals surface area contributed by atoms with E-state index >= 15 is 0 Å². The van der Waals surface area contributed by atoms with Gasteiger partial charge in [-0.3, -0.25) is 9.13 Å². The predicted octanol–water partition coefficient (Wildman–Crippen LogP) is 12.9. The zero-order valence-electron chi connectivity index (χ0n) is 31.6. The summed E-state index contributed by atoms with van der Waals surface area (Å²) < 4.78 is 10.9. The van der Waals surface area contributed by atoms with E-state index in [4.69, 9.17) is 24.4 Å². The average Bonchev–Trinajstić information content (AvgIpc) is 4.00. The highest BCUT2D eigenvalue weighted by atomic mass is 16.4. The molecule has 8 aromatic carbocycles. The van der Waals surface area contributed by atoms with E-state index in [1.54, 1.807) is 0 Å². The molecule has 0 saturated carbocycles. The molecule has 0 aliphatic rings. The van der Waals surface area contributed by atoms with Gasteiger partial charge in [0, 0.05) is 32.7 Å². The van der Waals surface area contributed by atoms with E-state index in [0.717, 1.165) is 88.1 Å². The summed E-state index contributed by atoms with van der Waals surface area (Å²) in [4.78, 5) is 21.0. The third-order valence-electron chi connectivity index (χ3n) is 11.2. The second-order valence-electron chi connectivity index (χ2n) is 14.7. The number of hydrogen-bond acceptors (Lipinski definition) is 5. The van der Waals surface area contributed by atoms with Gasteiger partial charge in [0.2, 0.25) is 5.95 Å². The van der Waals surface area contributed by atoms with Gasteiger partial charge in [-0.15, -0.1) is 0 Å². The molecule has 0 saturated heterocycles. The van der Waals surface area contributed by atoms with Crippen LogP contribution in [-0.4, -0.2) is 29.1 Å². The Kier molecular flexibility index (Phi) is 7.40. The van der Waals surface area contributed by atoms with Crippen LogP contribution >= 0.6 is 0 Å². The fraction of sp³-hybridized carbons (Fsp3) is 0. The number of para-hydroxylation sites is 4. The van der Waals surface area contributed by atoms with Crippen LogP contribution in [0.15, 0.2) is 199 Å². The second-order valence-corrected chi connectivity index (χ2v) is 14.7. The van der Waals surface area contributed by atoms with Gasteiger partial charge in [-0.25, -0.2) is 4.98 Å². The minimum Gasteiger partial charge on any atom is -0.423 e. The highest BCUT2D eigenvalue weighted by Gasteiger charge is 2.25. The molecule has 0 aliphatic carbocycles. The van der Waals surface area contributed by atoms with Crippen molar-refractivity contribution in [2.75, 3.05) is 0 Å². The Bertz CT molecular complexity index is 3460. The van der Waals surface area contributed by atoms with Crippen molar-refractivity contribution < 1.29 is 4.42 Å². The minimum absolute atomic E-state index is 0.495. The Morgan fingerprint density at radius 2 is 0.814 bits per heavy atom. The van der Waals surface area contributed by atoms with Crippen molar-refractivity contribution in [3.63, 3.8) is 0 Å². The van der Waals surface area contributed by atoms with E-state index in [9.17, 15) is 0 Å². The van der Waals surface area contributed by atoms with Crippen LogP contribution in [0.1, 0.15) is 0 Å². The molecule has 12 aromatic rings. The smallest absolute Gasteiger partial charge is 0.307 e. The summed E-state index contributed by atoms with van der Waals surface area (Å²) in [6, 6.07) is 67.4. The van der Waals surface area contributed by atoms with E-state index < -0.39 is 0 Å². The van der Waals surface area contributed by atoms with E-state index in [1.165, 1.54) is 0 Å². The molecule has 59 heavy (non-hydrogen) atoms. The van der Waals surface area contributed by atoms with Gasteiger partial charge in [0.05, 0.1) is 22.1 Å². The summed E-state index contributed by atoms with van der Waals surface area (Å²) in [5.41, 5.74) is 11.5. The maximum absolute atomic E-state index is 6.55. The Balaban J connectivity index is 1.20. The van der Waals surface area contributed by atoms with Crippen molar-refractivity contribution in [1.82, 2.24) is 29.1 Å². The monoisotopic (exact) mass is 756 g/mol. The Morgan fingerprint density at radius 1 is 0.339 bits per heavy atom. The maximum Gasteiger partial charge on any atom is 0.307 e. The molecule has 0 amide bonds. The minimum atomic E-state index is 0.495. The lowest BCUT2D eigenvalue weighted by atomic mass is 9.96. The van der Waals surface area contributed by atoms with Gasteiger partial charge in [-0.1, -0.05) is 152 Å². The van der Waals surface area contributed by atoms with Gasteiger partial charge in [0.25, 0.3) is 0 Å². The lowest BCUT2D eigenvalue weighted by Gasteiger charge is -2.14. The van der Waals surface area contributed by atoms with Crippen molar-refractivity contribution in [2.45, 2.75) is 0 Å². The second kappa shape index (κ2) is 13.2. The number of nitrogens with zero attached hydrogens (tertiary/aromatic N) is 6. The van der Waals surface area contributed by atoms with Crippen LogP contribution in [0.3, 0.4) is 0 Å². The third-order valence-corrected chi connectivity index (χ3v) is 11.2. The lowest BCUT2D eigenvalue weighted by Crippen LogP contribution is -2.07. The van der Waals surface area contributed by atoms with Crippen molar-refractivity contribution in [3.8, 4) is 57.0 Å². The predicted molar refractivity (Wildman–Crippen MR) is 238 cm³/mol. The molecule has 4 heterocycles. The molecular formula is C52H32N6O. The van der Waals surface area contributed by atoms with Gasteiger partial charge in [-0.05, 0) is 64.7 Å². The van der Waals surface area contributed by atoms with Crippen LogP contribution < -0.4 is 0 Å². The molecule has 12 rings (SSSR count). The van der Waals surface area contributed by atoms with Crippen molar-refractivity contribution >= 4 is 54.7 Å². The first-order chi connectivity index (χ1) is 29.2. The van der Waals surface area contributed by atoms with Gasteiger partial charge >= 0.3 is 6.01 Å². The molecule has 0 aliphatic heterocycles.